The molecule has 0 saturated heterocycles. The molecule has 1 aromatic carbocycles. The highest BCUT2D eigenvalue weighted by Crippen LogP contribution is 2.25. The number of hydrogen-bond acceptors (Lipinski definition) is 4. The van der Waals surface area contributed by atoms with Crippen molar-refractivity contribution in [3.63, 3.8) is 0 Å². The van der Waals surface area contributed by atoms with Crippen molar-refractivity contribution in [2.24, 2.45) is 4.99 Å². The van der Waals surface area contributed by atoms with E-state index in [1.54, 1.807) is 0 Å². The van der Waals surface area contributed by atoms with Crippen molar-refractivity contribution in [2.75, 3.05) is 26.2 Å². The Hall–Kier alpha value is -1.71. The van der Waals surface area contributed by atoms with E-state index in [0.717, 1.165) is 57.3 Å². The highest BCUT2D eigenvalue weighted by Gasteiger charge is 2.15. The predicted molar refractivity (Wildman–Crippen MR) is 76.6 cm³/mol. The maximum Gasteiger partial charge on any atom is 0.194 e. The Balaban J connectivity index is 1.64. The van der Waals surface area contributed by atoms with Crippen molar-refractivity contribution in [2.45, 2.75) is 26.3 Å². The zero-order valence-corrected chi connectivity index (χ0v) is 11.5. The second kappa shape index (κ2) is 5.51. The fourth-order valence-corrected chi connectivity index (χ4v) is 2.66. The van der Waals surface area contributed by atoms with Crippen molar-refractivity contribution in [1.29, 1.82) is 0 Å². The Labute approximate surface area is 114 Å². The summed E-state index contributed by atoms with van der Waals surface area (Å²) in [6.45, 7) is 6.82. The van der Waals surface area contributed by atoms with Crippen molar-refractivity contribution in [3.05, 3.63) is 29.3 Å². The molecule has 4 heteroatoms. The van der Waals surface area contributed by atoms with E-state index in [4.69, 9.17) is 4.74 Å². The molecule has 0 spiro atoms. The lowest BCUT2D eigenvalue weighted by atomic mass is 10.0. The van der Waals surface area contributed by atoms with E-state index in [9.17, 15) is 0 Å². The monoisotopic (exact) mass is 259 g/mol. The molecule has 0 atom stereocenters. The summed E-state index contributed by atoms with van der Waals surface area (Å²) in [5.74, 6) is 2.10. The van der Waals surface area contributed by atoms with Gasteiger partial charge in [0.05, 0.1) is 13.2 Å². The van der Waals surface area contributed by atoms with Crippen LogP contribution in [0.5, 0.6) is 5.75 Å². The predicted octanol–water partition coefficient (Wildman–Crippen LogP) is 1.79. The minimum absolute atomic E-state index is 0.836. The molecule has 0 aromatic heterocycles. The zero-order chi connectivity index (χ0) is 13.1. The van der Waals surface area contributed by atoms with E-state index < -0.39 is 0 Å². The molecule has 102 valence electrons. The number of rotatable bonds is 3. The van der Waals surface area contributed by atoms with Crippen molar-refractivity contribution < 1.29 is 4.74 Å². The molecule has 4 nitrogen and oxygen atoms in total. The van der Waals surface area contributed by atoms with Crippen LogP contribution in [0, 0.1) is 0 Å². The number of aryl methyl sites for hydroxylation is 1. The van der Waals surface area contributed by atoms with Crippen LogP contribution >= 0.6 is 0 Å². The van der Waals surface area contributed by atoms with E-state index in [1.807, 2.05) is 0 Å². The number of ether oxygens (including phenoxy) is 1. The van der Waals surface area contributed by atoms with Gasteiger partial charge in [-0.05, 0) is 37.0 Å². The topological polar surface area (TPSA) is 36.9 Å². The fraction of sp³-hybridized carbons (Fsp3) is 0.533. The Kier molecular flexibility index (Phi) is 3.58. The molecule has 2 aliphatic heterocycles. The van der Waals surface area contributed by atoms with Crippen LogP contribution in [0.3, 0.4) is 0 Å². The van der Waals surface area contributed by atoms with Gasteiger partial charge in [0.2, 0.25) is 0 Å². The van der Waals surface area contributed by atoms with Crippen LogP contribution in [0.4, 0.5) is 0 Å². The summed E-state index contributed by atoms with van der Waals surface area (Å²) in [6, 6.07) is 6.50. The molecule has 0 fully saturated rings. The van der Waals surface area contributed by atoms with Crippen LogP contribution in [-0.2, 0) is 13.0 Å². The van der Waals surface area contributed by atoms with Crippen LogP contribution in [-0.4, -0.2) is 37.1 Å². The minimum atomic E-state index is 0.836. The lowest BCUT2D eigenvalue weighted by molar-refractivity contribution is 0.288. The summed E-state index contributed by atoms with van der Waals surface area (Å²) in [6.07, 6.45) is 2.26. The van der Waals surface area contributed by atoms with Gasteiger partial charge in [0.1, 0.15) is 5.75 Å². The van der Waals surface area contributed by atoms with E-state index in [-0.39, 0.29) is 0 Å². The van der Waals surface area contributed by atoms with Crippen LogP contribution in [0.1, 0.15) is 24.5 Å². The highest BCUT2D eigenvalue weighted by molar-refractivity contribution is 5.81. The third kappa shape index (κ3) is 2.67. The Morgan fingerprint density at radius 3 is 3.26 bits per heavy atom. The first kappa shape index (κ1) is 12.3. The normalized spacial score (nSPS) is 17.7. The van der Waals surface area contributed by atoms with Crippen molar-refractivity contribution in [1.82, 2.24) is 10.2 Å². The summed E-state index contributed by atoms with van der Waals surface area (Å²) in [5.41, 5.74) is 2.64. The molecule has 0 saturated carbocycles. The van der Waals surface area contributed by atoms with Gasteiger partial charge in [-0.1, -0.05) is 12.1 Å². The van der Waals surface area contributed by atoms with Crippen LogP contribution < -0.4 is 10.1 Å². The molecule has 0 unspecified atom stereocenters. The van der Waals surface area contributed by atoms with Gasteiger partial charge >= 0.3 is 0 Å². The van der Waals surface area contributed by atoms with Gasteiger partial charge in [-0.3, -0.25) is 4.99 Å². The van der Waals surface area contributed by atoms with Gasteiger partial charge in [0, 0.05) is 19.6 Å². The third-order valence-electron chi connectivity index (χ3n) is 3.74. The quantitative estimate of drug-likeness (QED) is 0.899. The van der Waals surface area contributed by atoms with Crippen LogP contribution in [0.2, 0.25) is 0 Å². The molecule has 0 radical (unpaired) electrons. The first-order valence-corrected chi connectivity index (χ1v) is 7.14. The Bertz CT molecular complexity index is 484. The smallest absolute Gasteiger partial charge is 0.194 e. The molecule has 3 rings (SSSR count). The molecule has 0 amide bonds. The molecule has 0 bridgehead atoms. The second-order valence-corrected chi connectivity index (χ2v) is 5.03. The average Bonchev–Trinajstić information content (AvgIpc) is 2.92. The summed E-state index contributed by atoms with van der Waals surface area (Å²) in [4.78, 5) is 6.78. The van der Waals surface area contributed by atoms with Gasteiger partial charge in [-0.2, -0.15) is 0 Å². The molecule has 1 aromatic rings. The molecule has 1 N–H and O–H groups in total. The number of fused-ring (bicyclic) bond motifs is 1. The van der Waals surface area contributed by atoms with Gasteiger partial charge in [0.25, 0.3) is 0 Å². The average molecular weight is 259 g/mol. The lowest BCUT2D eigenvalue weighted by Crippen LogP contribution is -2.37. The number of nitrogens with zero attached hydrogens (tertiary/aromatic N) is 2. The van der Waals surface area contributed by atoms with E-state index in [1.165, 1.54) is 11.1 Å². The van der Waals surface area contributed by atoms with Gasteiger partial charge in [-0.15, -0.1) is 0 Å². The minimum Gasteiger partial charge on any atom is -0.493 e. The first-order chi connectivity index (χ1) is 9.36. The molecule has 0 aliphatic carbocycles. The van der Waals surface area contributed by atoms with Gasteiger partial charge in [0.15, 0.2) is 5.96 Å². The Morgan fingerprint density at radius 2 is 2.37 bits per heavy atom. The second-order valence-electron chi connectivity index (χ2n) is 5.03. The third-order valence-corrected chi connectivity index (χ3v) is 3.74. The number of aliphatic imine (C=N–C) groups is 1. The molecule has 2 aliphatic rings. The zero-order valence-electron chi connectivity index (χ0n) is 11.5. The number of benzene rings is 1. The van der Waals surface area contributed by atoms with E-state index in [0.29, 0.717) is 0 Å². The summed E-state index contributed by atoms with van der Waals surface area (Å²) < 4.78 is 5.64. The SMILES string of the molecule is CCN1CCN=C1NCc1ccc2c(c1)CCCO2. The standard InChI is InChI=1S/C15H21N3O/c1-2-18-8-7-16-15(18)17-11-12-5-6-14-13(10-12)4-3-9-19-14/h5-6,10H,2-4,7-9,11H2,1H3,(H,16,17). The van der Waals surface area contributed by atoms with E-state index in [2.05, 4.69) is 40.3 Å². The molecule has 19 heavy (non-hydrogen) atoms. The lowest BCUT2D eigenvalue weighted by Gasteiger charge is -2.20. The van der Waals surface area contributed by atoms with E-state index >= 15 is 0 Å². The number of guanidine groups is 1. The van der Waals surface area contributed by atoms with Crippen LogP contribution in [0.25, 0.3) is 0 Å². The van der Waals surface area contributed by atoms with Crippen molar-refractivity contribution >= 4 is 5.96 Å². The molecular weight excluding hydrogens is 238 g/mol. The maximum atomic E-state index is 5.64. The fourth-order valence-electron chi connectivity index (χ4n) is 2.66. The summed E-state index contributed by atoms with van der Waals surface area (Å²) in [7, 11) is 0. The molecular formula is C15H21N3O. The maximum absolute atomic E-state index is 5.64. The summed E-state index contributed by atoms with van der Waals surface area (Å²) in [5, 5.41) is 3.44. The van der Waals surface area contributed by atoms with Gasteiger partial charge in [-0.25, -0.2) is 0 Å². The summed E-state index contributed by atoms with van der Waals surface area (Å²) >= 11 is 0. The number of likely N-dealkylation sites (N-methyl/N-ethyl adjacent to an activating group) is 1. The number of hydrogen-bond donors (Lipinski definition) is 1. The highest BCUT2D eigenvalue weighted by atomic mass is 16.5. The van der Waals surface area contributed by atoms with Crippen LogP contribution in [0.15, 0.2) is 23.2 Å². The van der Waals surface area contributed by atoms with Crippen molar-refractivity contribution in [3.8, 4) is 5.75 Å². The molecule has 2 heterocycles. The first-order valence-electron chi connectivity index (χ1n) is 7.14. The Morgan fingerprint density at radius 1 is 1.42 bits per heavy atom. The largest absolute Gasteiger partial charge is 0.493 e. The van der Waals surface area contributed by atoms with Gasteiger partial charge < -0.3 is 15.0 Å². The number of nitrogens with one attached hydrogen (secondary N) is 1.